The molecule has 0 aliphatic carbocycles. The normalized spacial score (nSPS) is 10.4. The summed E-state index contributed by atoms with van der Waals surface area (Å²) in [5.41, 5.74) is 3.68. The van der Waals surface area contributed by atoms with Crippen LogP contribution in [0.15, 0.2) is 36.7 Å². The highest BCUT2D eigenvalue weighted by Crippen LogP contribution is 2.15. The molecule has 0 aliphatic rings. The van der Waals surface area contributed by atoms with Crippen molar-refractivity contribution in [3.05, 3.63) is 58.9 Å². The molecule has 132 valence electrons. The largest absolute Gasteiger partial charge is 0.342 e. The average molecular weight is 339 g/mol. The maximum atomic E-state index is 12.5. The number of benzene rings is 1. The van der Waals surface area contributed by atoms with E-state index in [2.05, 4.69) is 17.2 Å². The summed E-state index contributed by atoms with van der Waals surface area (Å²) in [6, 6.07) is 7.45. The van der Waals surface area contributed by atoms with E-state index in [9.17, 15) is 9.59 Å². The molecule has 0 saturated heterocycles. The van der Waals surface area contributed by atoms with Crippen molar-refractivity contribution >= 4 is 17.5 Å². The maximum Gasteiger partial charge on any atom is 0.257 e. The Kier molecular flexibility index (Phi) is 6.28. The van der Waals surface area contributed by atoms with Gasteiger partial charge in [-0.25, -0.2) is 0 Å². The predicted molar refractivity (Wildman–Crippen MR) is 100.0 cm³/mol. The fourth-order valence-electron chi connectivity index (χ4n) is 2.65. The van der Waals surface area contributed by atoms with E-state index in [1.165, 1.54) is 12.4 Å². The number of aromatic nitrogens is 1. The summed E-state index contributed by atoms with van der Waals surface area (Å²) >= 11 is 0. The van der Waals surface area contributed by atoms with E-state index in [1.54, 1.807) is 18.0 Å². The quantitative estimate of drug-likeness (QED) is 0.870. The first kappa shape index (κ1) is 18.6. The second-order valence-electron chi connectivity index (χ2n) is 6.37. The molecule has 0 saturated carbocycles. The summed E-state index contributed by atoms with van der Waals surface area (Å²) in [7, 11) is 1.76. The molecule has 2 amide bonds. The number of nitrogens with zero attached hydrogens (tertiary/aromatic N) is 2. The molecule has 1 aromatic heterocycles. The van der Waals surface area contributed by atoms with Crippen molar-refractivity contribution in [2.75, 3.05) is 18.9 Å². The minimum atomic E-state index is -0.275. The molecular weight excluding hydrogens is 314 g/mol. The van der Waals surface area contributed by atoms with Gasteiger partial charge in [-0.15, -0.1) is 0 Å². The molecule has 0 radical (unpaired) electrons. The van der Waals surface area contributed by atoms with Crippen molar-refractivity contribution < 1.29 is 9.59 Å². The Balaban J connectivity index is 2.14. The molecule has 25 heavy (non-hydrogen) atoms. The van der Waals surface area contributed by atoms with Crippen LogP contribution >= 0.6 is 0 Å². The summed E-state index contributed by atoms with van der Waals surface area (Å²) in [4.78, 5) is 30.6. The topological polar surface area (TPSA) is 62.3 Å². The van der Waals surface area contributed by atoms with Crippen molar-refractivity contribution in [2.45, 2.75) is 33.6 Å². The lowest BCUT2D eigenvalue weighted by molar-refractivity contribution is 0.0793. The van der Waals surface area contributed by atoms with Crippen molar-refractivity contribution in [3.8, 4) is 0 Å². The standard InChI is InChI=1S/C20H25N3O2/c1-5-6-7-23(4)20(25)17-11-16(12-21-13-17)19(24)22-18-9-14(2)8-15(3)10-18/h8-13H,5-7H2,1-4H3,(H,22,24). The van der Waals surface area contributed by atoms with Gasteiger partial charge in [-0.1, -0.05) is 19.4 Å². The fraction of sp³-hybridized carbons (Fsp3) is 0.350. The summed E-state index contributed by atoms with van der Waals surface area (Å²) in [6.07, 6.45) is 4.94. The second kappa shape index (κ2) is 8.42. The molecule has 1 aromatic carbocycles. The number of amides is 2. The van der Waals surface area contributed by atoms with Gasteiger partial charge in [-0.05, 0) is 49.6 Å². The number of anilines is 1. The van der Waals surface area contributed by atoms with E-state index >= 15 is 0 Å². The molecule has 0 bridgehead atoms. The van der Waals surface area contributed by atoms with E-state index in [0.717, 1.165) is 29.7 Å². The van der Waals surface area contributed by atoms with Gasteiger partial charge in [0.05, 0.1) is 11.1 Å². The fourth-order valence-corrected chi connectivity index (χ4v) is 2.65. The van der Waals surface area contributed by atoms with Crippen LogP contribution in [0.3, 0.4) is 0 Å². The van der Waals surface area contributed by atoms with E-state index in [0.29, 0.717) is 17.7 Å². The number of carbonyl (C=O) groups excluding carboxylic acids is 2. The maximum absolute atomic E-state index is 12.5. The van der Waals surface area contributed by atoms with E-state index in [-0.39, 0.29) is 11.8 Å². The lowest BCUT2D eigenvalue weighted by Crippen LogP contribution is -2.28. The lowest BCUT2D eigenvalue weighted by Gasteiger charge is -2.16. The molecule has 2 rings (SSSR count). The van der Waals surface area contributed by atoms with Crippen LogP contribution < -0.4 is 5.32 Å². The number of unbranched alkanes of at least 4 members (excludes halogenated alkanes) is 1. The lowest BCUT2D eigenvalue weighted by atomic mass is 10.1. The Bertz CT molecular complexity index is 751. The third kappa shape index (κ3) is 5.14. The molecule has 2 aromatic rings. The molecule has 5 nitrogen and oxygen atoms in total. The molecule has 1 N–H and O–H groups in total. The van der Waals surface area contributed by atoms with Crippen LogP contribution in [0.4, 0.5) is 5.69 Å². The van der Waals surface area contributed by atoms with E-state index in [1.807, 2.05) is 32.0 Å². The van der Waals surface area contributed by atoms with Gasteiger partial charge in [-0.2, -0.15) is 0 Å². The van der Waals surface area contributed by atoms with Crippen LogP contribution in [-0.2, 0) is 0 Å². The number of nitrogens with one attached hydrogen (secondary N) is 1. The minimum absolute atomic E-state index is 0.123. The zero-order valence-electron chi connectivity index (χ0n) is 15.3. The third-order valence-electron chi connectivity index (χ3n) is 3.92. The first-order valence-corrected chi connectivity index (χ1v) is 8.51. The van der Waals surface area contributed by atoms with E-state index < -0.39 is 0 Å². The number of carbonyl (C=O) groups is 2. The number of rotatable bonds is 6. The molecule has 5 heteroatoms. The monoisotopic (exact) mass is 339 g/mol. The van der Waals surface area contributed by atoms with Crippen LogP contribution in [0.1, 0.15) is 51.6 Å². The summed E-state index contributed by atoms with van der Waals surface area (Å²) in [6.45, 7) is 6.73. The van der Waals surface area contributed by atoms with Crippen LogP contribution in [0.25, 0.3) is 0 Å². The first-order valence-electron chi connectivity index (χ1n) is 8.51. The molecule has 0 fully saturated rings. The number of hydrogen-bond donors (Lipinski definition) is 1. The highest BCUT2D eigenvalue weighted by Gasteiger charge is 2.15. The van der Waals surface area contributed by atoms with Gasteiger partial charge in [0.2, 0.25) is 0 Å². The van der Waals surface area contributed by atoms with Crippen LogP contribution in [0, 0.1) is 13.8 Å². The molecule has 0 spiro atoms. The predicted octanol–water partition coefficient (Wildman–Crippen LogP) is 3.82. The van der Waals surface area contributed by atoms with Gasteiger partial charge in [0.1, 0.15) is 0 Å². The number of pyridine rings is 1. The molecule has 0 aliphatic heterocycles. The molecule has 1 heterocycles. The van der Waals surface area contributed by atoms with Crippen molar-refractivity contribution in [1.29, 1.82) is 0 Å². The summed E-state index contributed by atoms with van der Waals surface area (Å²) in [5, 5.41) is 2.87. The minimum Gasteiger partial charge on any atom is -0.342 e. The second-order valence-corrected chi connectivity index (χ2v) is 6.37. The Hall–Kier alpha value is -2.69. The van der Waals surface area contributed by atoms with Gasteiger partial charge in [0, 0.05) is 31.7 Å². The third-order valence-corrected chi connectivity index (χ3v) is 3.92. The highest BCUT2D eigenvalue weighted by molar-refractivity contribution is 6.05. The van der Waals surface area contributed by atoms with Crippen molar-refractivity contribution in [2.24, 2.45) is 0 Å². The van der Waals surface area contributed by atoms with Crippen LogP contribution in [0.5, 0.6) is 0 Å². The molecular formula is C20H25N3O2. The highest BCUT2D eigenvalue weighted by atomic mass is 16.2. The zero-order valence-corrected chi connectivity index (χ0v) is 15.3. The van der Waals surface area contributed by atoms with Crippen LogP contribution in [0.2, 0.25) is 0 Å². The van der Waals surface area contributed by atoms with Crippen molar-refractivity contribution in [3.63, 3.8) is 0 Å². The average Bonchev–Trinajstić information content (AvgIpc) is 2.58. The first-order chi connectivity index (χ1) is 11.9. The number of hydrogen-bond acceptors (Lipinski definition) is 3. The van der Waals surface area contributed by atoms with Crippen LogP contribution in [-0.4, -0.2) is 35.3 Å². The Morgan fingerprint density at radius 2 is 1.68 bits per heavy atom. The summed E-state index contributed by atoms with van der Waals surface area (Å²) in [5.74, 6) is -0.398. The number of aryl methyl sites for hydroxylation is 2. The Morgan fingerprint density at radius 3 is 2.32 bits per heavy atom. The van der Waals surface area contributed by atoms with Gasteiger partial charge < -0.3 is 10.2 Å². The smallest absolute Gasteiger partial charge is 0.257 e. The van der Waals surface area contributed by atoms with Gasteiger partial charge in [-0.3, -0.25) is 14.6 Å². The zero-order chi connectivity index (χ0) is 18.4. The summed E-state index contributed by atoms with van der Waals surface area (Å²) < 4.78 is 0. The van der Waals surface area contributed by atoms with Gasteiger partial charge in [0.25, 0.3) is 11.8 Å². The van der Waals surface area contributed by atoms with Crippen molar-refractivity contribution in [1.82, 2.24) is 9.88 Å². The Morgan fingerprint density at radius 1 is 1.04 bits per heavy atom. The molecule has 0 unspecified atom stereocenters. The van der Waals surface area contributed by atoms with Gasteiger partial charge >= 0.3 is 0 Å². The SMILES string of the molecule is CCCCN(C)C(=O)c1cncc(C(=O)Nc2cc(C)cc(C)c2)c1. The van der Waals surface area contributed by atoms with E-state index in [4.69, 9.17) is 0 Å². The Labute approximate surface area is 149 Å². The molecule has 0 atom stereocenters. The van der Waals surface area contributed by atoms with Gasteiger partial charge in [0.15, 0.2) is 0 Å².